The van der Waals surface area contributed by atoms with Gasteiger partial charge in [-0.2, -0.15) is 13.1 Å². The van der Waals surface area contributed by atoms with Crippen molar-refractivity contribution in [1.29, 1.82) is 0 Å². The van der Waals surface area contributed by atoms with Crippen LogP contribution in [0.3, 0.4) is 0 Å². The molecule has 0 radical (unpaired) electrons. The van der Waals surface area contributed by atoms with Crippen LogP contribution in [-0.2, 0) is 34.1 Å². The maximum atomic E-state index is 5.38. The van der Waals surface area contributed by atoms with Gasteiger partial charge in [0.1, 0.15) is 0 Å². The van der Waals surface area contributed by atoms with Crippen LogP contribution in [0.15, 0.2) is 0 Å². The normalized spacial score (nSPS) is 32.0. The van der Waals surface area contributed by atoms with Gasteiger partial charge in [-0.05, 0) is 47.3 Å². The van der Waals surface area contributed by atoms with E-state index >= 15 is 0 Å². The van der Waals surface area contributed by atoms with E-state index in [1.165, 1.54) is 64.2 Å². The summed E-state index contributed by atoms with van der Waals surface area (Å²) < 4.78 is 0. The quantitative estimate of drug-likeness (QED) is 0.104. The molecule has 0 bridgehead atoms. The van der Waals surface area contributed by atoms with E-state index in [1.807, 2.05) is 0 Å². The summed E-state index contributed by atoms with van der Waals surface area (Å²) in [6, 6.07) is 0. The standard InChI is InChI=1S/C34H70N2Si2.4ClH.2Ti/c1-25-26(2)30(6)33(29(25)5)37(9,10)35-23-21-19-17-15-13-14-16-18-20-22-24-36-38(11,12)34-31(7)27(3)28(4)32(34)8;;;;;;/h25-34H,13-24H2,1-12H3;4*1H;;/q-2;;;;;2*+2/p-4. The van der Waals surface area contributed by atoms with Gasteiger partial charge in [-0.25, -0.2) is 0 Å². The van der Waals surface area contributed by atoms with Gasteiger partial charge in [0, 0.05) is 0 Å². The van der Waals surface area contributed by atoms with Crippen molar-refractivity contribution in [1.82, 2.24) is 0 Å². The first-order valence-corrected chi connectivity index (χ1v) is 32.5. The molecule has 0 spiro atoms. The number of hydrogen-bond donors (Lipinski definition) is 0. The Balaban J connectivity index is 0.00000284. The monoisotopic (exact) mass is 798 g/mol. The second-order valence-corrected chi connectivity index (χ2v) is 29.4. The van der Waals surface area contributed by atoms with Crippen LogP contribution >= 0.6 is 37.2 Å². The van der Waals surface area contributed by atoms with Gasteiger partial charge in [0.15, 0.2) is 0 Å². The van der Waals surface area contributed by atoms with Crippen molar-refractivity contribution in [3.8, 4) is 0 Å². The molecule has 0 heterocycles. The minimum atomic E-state index is -1.49. The van der Waals surface area contributed by atoms with Crippen LogP contribution in [0.2, 0.25) is 37.3 Å². The molecule has 0 aliphatic heterocycles. The van der Waals surface area contributed by atoms with Gasteiger partial charge in [-0.3, -0.25) is 0 Å². The Hall–Kier alpha value is 2.94. The molecule has 0 N–H and O–H groups in total. The van der Waals surface area contributed by atoms with Crippen molar-refractivity contribution < 1.29 is 34.1 Å². The number of halogens is 4. The fourth-order valence-electron chi connectivity index (χ4n) is 9.34. The van der Waals surface area contributed by atoms with Gasteiger partial charge in [-0.1, -0.05) is 173 Å². The zero-order valence-electron chi connectivity index (χ0n) is 30.7. The molecule has 0 saturated heterocycles. The summed E-state index contributed by atoms with van der Waals surface area (Å²) in [5.74, 6) is 6.87. The van der Waals surface area contributed by atoms with Gasteiger partial charge >= 0.3 is 71.3 Å². The van der Waals surface area contributed by atoms with Crippen LogP contribution in [0.1, 0.15) is 120 Å². The predicted molar refractivity (Wildman–Crippen MR) is 202 cm³/mol. The third-order valence-corrected chi connectivity index (χ3v) is 19.9. The van der Waals surface area contributed by atoms with Gasteiger partial charge in [0.2, 0.25) is 0 Å². The fraction of sp³-hybridized carbons (Fsp3) is 1.00. The van der Waals surface area contributed by atoms with Crippen molar-refractivity contribution in [2.75, 3.05) is 13.1 Å². The summed E-state index contributed by atoms with van der Waals surface area (Å²) >= 11 is -1.11. The Morgan fingerprint density at radius 3 is 0.773 bits per heavy atom. The summed E-state index contributed by atoms with van der Waals surface area (Å²) in [4.78, 5) is 10.8. The van der Waals surface area contributed by atoms with E-state index in [9.17, 15) is 0 Å². The average Bonchev–Trinajstić information content (AvgIpc) is 3.27. The second kappa shape index (κ2) is 25.0. The number of rotatable bonds is 17. The van der Waals surface area contributed by atoms with Gasteiger partial charge in [0.05, 0.1) is 0 Å². The van der Waals surface area contributed by atoms with E-state index < -0.39 is 50.5 Å². The van der Waals surface area contributed by atoms with Crippen molar-refractivity contribution in [3.63, 3.8) is 0 Å². The average molecular weight is 801 g/mol. The summed E-state index contributed by atoms with van der Waals surface area (Å²) in [6.45, 7) is 32.4. The first-order valence-electron chi connectivity index (χ1n) is 17.9. The molecule has 2 saturated carbocycles. The maximum absolute atomic E-state index is 5.38. The molecule has 44 heavy (non-hydrogen) atoms. The van der Waals surface area contributed by atoms with Crippen LogP contribution in [0.5, 0.6) is 0 Å². The van der Waals surface area contributed by atoms with Crippen molar-refractivity contribution in [2.24, 2.45) is 47.3 Å². The van der Waals surface area contributed by atoms with Crippen LogP contribution in [-0.4, -0.2) is 29.6 Å². The fourth-order valence-corrected chi connectivity index (χ4v) is 17.6. The van der Waals surface area contributed by atoms with Crippen LogP contribution in [0, 0.1) is 47.3 Å². The molecule has 2 aliphatic carbocycles. The molecule has 2 fully saturated rings. The number of hydrogen-bond acceptors (Lipinski definition) is 0. The number of nitrogens with zero attached hydrogens (tertiary/aromatic N) is 2. The zero-order chi connectivity index (χ0) is 34.1. The van der Waals surface area contributed by atoms with Gasteiger partial charge in [-0.15, -0.1) is 0 Å². The molecule has 8 atom stereocenters. The molecule has 0 amide bonds. The Bertz CT molecular complexity index is 639. The molecule has 0 aromatic carbocycles. The van der Waals surface area contributed by atoms with Crippen LogP contribution < -0.4 is 0 Å². The Kier molecular flexibility index (Phi) is 26.7. The molecule has 10 heteroatoms. The molecular weight excluding hydrogens is 730 g/mol. The van der Waals surface area contributed by atoms with Crippen LogP contribution in [0.4, 0.5) is 0 Å². The predicted octanol–water partition coefficient (Wildman–Crippen LogP) is 14.7. The Labute approximate surface area is 312 Å². The van der Waals surface area contributed by atoms with Crippen molar-refractivity contribution >= 4 is 53.7 Å². The van der Waals surface area contributed by atoms with E-state index in [0.29, 0.717) is 0 Å². The van der Waals surface area contributed by atoms with E-state index in [4.69, 9.17) is 47.2 Å². The zero-order valence-corrected chi connectivity index (χ0v) is 38.8. The molecule has 0 aromatic heterocycles. The third-order valence-electron chi connectivity index (χ3n) is 12.5. The minimum absolute atomic E-state index is 0.556. The molecule has 262 valence electrons. The van der Waals surface area contributed by atoms with E-state index in [0.717, 1.165) is 71.5 Å². The molecule has 0 aromatic rings. The first kappa shape index (κ1) is 46.9. The molecule has 2 nitrogen and oxygen atoms in total. The van der Waals surface area contributed by atoms with E-state index in [-0.39, 0.29) is 0 Å². The Morgan fingerprint density at radius 1 is 0.386 bits per heavy atom. The Morgan fingerprint density at radius 2 is 0.568 bits per heavy atom. The van der Waals surface area contributed by atoms with Crippen molar-refractivity contribution in [3.05, 3.63) is 9.96 Å². The van der Waals surface area contributed by atoms with E-state index in [2.05, 4.69) is 81.6 Å². The number of unbranched alkanes of at least 4 members (excludes halogenated alkanes) is 9. The van der Waals surface area contributed by atoms with E-state index in [1.54, 1.807) is 0 Å². The van der Waals surface area contributed by atoms with Crippen molar-refractivity contribution in [2.45, 2.75) is 157 Å². The second-order valence-electron chi connectivity index (χ2n) is 15.7. The summed E-state index contributed by atoms with van der Waals surface area (Å²) in [6.07, 6.45) is 13.9. The summed E-state index contributed by atoms with van der Waals surface area (Å²) in [5.41, 5.74) is 1.75. The molecule has 2 rings (SSSR count). The van der Waals surface area contributed by atoms with Crippen LogP contribution in [0.25, 0.3) is 9.96 Å². The molecule has 2 aliphatic rings. The topological polar surface area (TPSA) is 28.2 Å². The summed E-state index contributed by atoms with van der Waals surface area (Å²) in [7, 11) is 16.6. The summed E-state index contributed by atoms with van der Waals surface area (Å²) in [5, 5.41) is 0. The SMILES string of the molecule is CC1C(C)C(C)C([Si](C)(C)[N-]CCCCCCCCCCCC[N-][Si](C)(C)C2C(C)C(C)C(C)C2C)C1C.[Cl][Ti][Cl].[Cl][Ti][Cl]. The van der Waals surface area contributed by atoms with Gasteiger partial charge < -0.3 is 9.96 Å². The molecule has 8 unspecified atom stereocenters. The molecular formula is C34H70Cl4N2Si2Ti2-2. The first-order chi connectivity index (χ1) is 20.6. The van der Waals surface area contributed by atoms with Gasteiger partial charge in [0.25, 0.3) is 0 Å². The third kappa shape index (κ3) is 15.9.